The summed E-state index contributed by atoms with van der Waals surface area (Å²) in [5.41, 5.74) is 9.33. The van der Waals surface area contributed by atoms with E-state index in [-0.39, 0.29) is 35.4 Å². The summed E-state index contributed by atoms with van der Waals surface area (Å²) >= 11 is 0. The van der Waals surface area contributed by atoms with Crippen molar-refractivity contribution in [3.63, 3.8) is 0 Å². The van der Waals surface area contributed by atoms with Crippen LogP contribution in [0.5, 0.6) is 5.75 Å². The van der Waals surface area contributed by atoms with Gasteiger partial charge in [0.05, 0.1) is 24.8 Å². The molecule has 3 unspecified atom stereocenters. The van der Waals surface area contributed by atoms with Crippen LogP contribution in [-0.2, 0) is 21.5 Å². The van der Waals surface area contributed by atoms with Gasteiger partial charge in [0.25, 0.3) is 5.91 Å². The van der Waals surface area contributed by atoms with Crippen molar-refractivity contribution in [2.45, 2.75) is 104 Å². The number of hydrogen-bond donors (Lipinski definition) is 3. The molecule has 2 heterocycles. The first kappa shape index (κ1) is 41.9. The molecule has 0 spiro atoms. The van der Waals surface area contributed by atoms with Crippen LogP contribution < -0.4 is 20.5 Å². The van der Waals surface area contributed by atoms with E-state index in [1.165, 1.54) is 26.7 Å². The van der Waals surface area contributed by atoms with Crippen LogP contribution in [0.15, 0.2) is 36.4 Å². The van der Waals surface area contributed by atoms with Gasteiger partial charge >= 0.3 is 10.2 Å². The second-order valence-electron chi connectivity index (χ2n) is 14.8. The van der Waals surface area contributed by atoms with Crippen molar-refractivity contribution in [1.82, 2.24) is 23.8 Å². The van der Waals surface area contributed by atoms with Crippen LogP contribution in [0.1, 0.15) is 107 Å². The highest BCUT2D eigenvalue weighted by molar-refractivity contribution is 7.87. The van der Waals surface area contributed by atoms with E-state index < -0.39 is 21.5 Å². The Labute approximate surface area is 317 Å². The van der Waals surface area contributed by atoms with Gasteiger partial charge in [0, 0.05) is 67.2 Å². The van der Waals surface area contributed by atoms with E-state index in [0.717, 1.165) is 63.5 Å². The van der Waals surface area contributed by atoms with Crippen LogP contribution in [0.4, 0.5) is 0 Å². The van der Waals surface area contributed by atoms with Crippen LogP contribution in [0.25, 0.3) is 22.2 Å². The van der Waals surface area contributed by atoms with E-state index in [2.05, 4.69) is 83.8 Å². The molecular weight excluding hydrogens is 689 g/mol. The predicted molar refractivity (Wildman–Crippen MR) is 214 cm³/mol. The Morgan fingerprint density at radius 3 is 2.34 bits per heavy atom. The zero-order valence-electron chi connectivity index (χ0n) is 33.3. The molecule has 11 nitrogen and oxygen atoms in total. The van der Waals surface area contributed by atoms with Crippen molar-refractivity contribution in [1.29, 1.82) is 0 Å². The van der Waals surface area contributed by atoms with Crippen molar-refractivity contribution in [3.8, 4) is 28.8 Å². The fourth-order valence-electron chi connectivity index (χ4n) is 7.85. The second kappa shape index (κ2) is 17.5. The van der Waals surface area contributed by atoms with Gasteiger partial charge in [0.15, 0.2) is 0 Å². The minimum atomic E-state index is -3.99. The lowest BCUT2D eigenvalue weighted by Gasteiger charge is -2.29. The monoisotopic (exact) mass is 748 g/mol. The Morgan fingerprint density at radius 1 is 1.08 bits per heavy atom. The van der Waals surface area contributed by atoms with E-state index in [1.54, 1.807) is 19.2 Å². The third-order valence-electron chi connectivity index (χ3n) is 10.7. The molecule has 1 aliphatic heterocycles. The standard InChI is InChI=1S/C40H55N5O5S.CH5N/c1-10-13-20-44(26(4)5)24-27(6)41-39(47)40-23-34(40)33-22-30(50-9)17-19-31(33)37-36(28(14-11-2)15-12-3)32-18-16-29(21-35(32)45(37)25-40)38(46)42-51(48,49)43(7)8;1-2/h16-19,21-22,26-28,34H,11-12,14-15,20,23-25H2,1-9H3,(H,41,47)(H,42,46);2H2,1H3. The normalized spacial score (nSPS) is 17.9. The first-order chi connectivity index (χ1) is 25.2. The Hall–Kier alpha value is -3.89. The molecule has 1 fully saturated rings. The number of nitrogens with two attached hydrogens (primary N) is 1. The largest absolute Gasteiger partial charge is 0.497 e. The molecule has 53 heavy (non-hydrogen) atoms. The highest BCUT2D eigenvalue weighted by Crippen LogP contribution is 2.65. The number of fused-ring (bicyclic) bond motifs is 7. The lowest BCUT2D eigenvalue weighted by Crippen LogP contribution is -2.47. The Kier molecular flexibility index (Phi) is 13.8. The summed E-state index contributed by atoms with van der Waals surface area (Å²) < 4.78 is 36.4. The molecule has 4 N–H and O–H groups in total. The highest BCUT2D eigenvalue weighted by atomic mass is 32.2. The third kappa shape index (κ3) is 8.59. The second-order valence-corrected chi connectivity index (χ2v) is 16.6. The molecule has 2 aromatic carbocycles. The summed E-state index contributed by atoms with van der Waals surface area (Å²) in [5, 5.41) is 4.41. The van der Waals surface area contributed by atoms with Crippen molar-refractivity contribution in [2.75, 3.05) is 41.3 Å². The maximum absolute atomic E-state index is 14.6. The molecule has 290 valence electrons. The number of amides is 2. The number of carbonyl (C=O) groups is 2. The van der Waals surface area contributed by atoms with Crippen LogP contribution in [0.3, 0.4) is 0 Å². The molecule has 0 radical (unpaired) electrons. The van der Waals surface area contributed by atoms with Gasteiger partial charge < -0.3 is 20.4 Å². The molecule has 12 heteroatoms. The summed E-state index contributed by atoms with van der Waals surface area (Å²) in [6, 6.07) is 11.9. The number of nitrogens with zero attached hydrogens (tertiary/aromatic N) is 3. The van der Waals surface area contributed by atoms with Crippen molar-refractivity contribution < 1.29 is 22.7 Å². The van der Waals surface area contributed by atoms with Gasteiger partial charge in [0.2, 0.25) is 5.91 Å². The van der Waals surface area contributed by atoms with Gasteiger partial charge in [-0.15, -0.1) is 5.92 Å². The van der Waals surface area contributed by atoms with E-state index in [9.17, 15) is 18.0 Å². The molecular formula is C41H60N6O5S. The number of benzene rings is 2. The summed E-state index contributed by atoms with van der Waals surface area (Å²) in [7, 11) is 1.93. The third-order valence-corrected chi connectivity index (χ3v) is 12.1. The van der Waals surface area contributed by atoms with Crippen LogP contribution in [-0.4, -0.2) is 87.4 Å². The molecule has 3 atom stereocenters. The van der Waals surface area contributed by atoms with Crippen LogP contribution in [0.2, 0.25) is 0 Å². The molecule has 1 aliphatic carbocycles. The molecule has 3 aromatic rings. The van der Waals surface area contributed by atoms with Crippen LogP contribution in [0, 0.1) is 17.3 Å². The van der Waals surface area contributed by atoms with Crippen LogP contribution >= 0.6 is 0 Å². The molecule has 0 saturated heterocycles. The summed E-state index contributed by atoms with van der Waals surface area (Å²) in [6.45, 7) is 14.3. The SMILES string of the molecule is CC#CCN(CC(C)NC(=O)C12CC1c1cc(OC)ccc1-c1c(C(CCC)CCC)c3ccc(C(=O)NS(=O)(=O)N(C)C)cc3n1C2)C(C)C.CN. The van der Waals surface area contributed by atoms with Gasteiger partial charge in [-0.3, -0.25) is 14.5 Å². The van der Waals surface area contributed by atoms with Gasteiger partial charge in [-0.2, -0.15) is 12.7 Å². The average Bonchev–Trinajstić information content (AvgIpc) is 3.80. The van der Waals surface area contributed by atoms with Gasteiger partial charge in [-0.05, 0) is 101 Å². The number of ether oxygens (including phenoxy) is 1. The number of methoxy groups -OCH3 is 1. The average molecular weight is 749 g/mol. The van der Waals surface area contributed by atoms with Crippen molar-refractivity contribution >= 4 is 32.9 Å². The first-order valence-electron chi connectivity index (χ1n) is 18.8. The Balaban J connectivity index is 0.00000308. The zero-order chi connectivity index (χ0) is 39.2. The smallest absolute Gasteiger partial charge is 0.303 e. The maximum atomic E-state index is 14.6. The van der Waals surface area contributed by atoms with E-state index in [4.69, 9.17) is 4.74 Å². The summed E-state index contributed by atoms with van der Waals surface area (Å²) in [5.74, 6) is 6.46. The quantitative estimate of drug-likeness (QED) is 0.166. The molecule has 2 amide bonds. The Bertz CT molecular complexity index is 1950. The van der Waals surface area contributed by atoms with Crippen molar-refractivity contribution in [2.24, 2.45) is 11.1 Å². The lowest BCUT2D eigenvalue weighted by molar-refractivity contribution is -0.127. The molecule has 2 aliphatic rings. The molecule has 0 bridgehead atoms. The minimum Gasteiger partial charge on any atom is -0.497 e. The van der Waals surface area contributed by atoms with Crippen molar-refractivity contribution in [3.05, 3.63) is 53.1 Å². The fraction of sp³-hybridized carbons (Fsp3) is 0.561. The van der Waals surface area contributed by atoms with Gasteiger partial charge in [-0.25, -0.2) is 4.72 Å². The molecule has 5 rings (SSSR count). The highest BCUT2D eigenvalue weighted by Gasteiger charge is 2.63. The zero-order valence-corrected chi connectivity index (χ0v) is 34.1. The first-order valence-corrected chi connectivity index (χ1v) is 20.3. The maximum Gasteiger partial charge on any atom is 0.303 e. The molecule has 1 aromatic heterocycles. The van der Waals surface area contributed by atoms with E-state index in [1.807, 2.05) is 19.1 Å². The minimum absolute atomic E-state index is 0.0138. The lowest BCUT2D eigenvalue weighted by atomic mass is 9.85. The van der Waals surface area contributed by atoms with Gasteiger partial charge in [-0.1, -0.05) is 38.7 Å². The predicted octanol–water partition coefficient (Wildman–Crippen LogP) is 5.84. The number of aromatic nitrogens is 1. The number of rotatable bonds is 15. The summed E-state index contributed by atoms with van der Waals surface area (Å²) in [4.78, 5) is 30.3. The molecule has 1 saturated carbocycles. The number of nitrogens with one attached hydrogen (secondary N) is 2. The number of carbonyl (C=O) groups excluding carboxylic acids is 2. The Morgan fingerprint density at radius 2 is 1.75 bits per heavy atom. The van der Waals surface area contributed by atoms with E-state index in [0.29, 0.717) is 26.1 Å². The fourth-order valence-corrected chi connectivity index (χ4v) is 8.39. The van der Waals surface area contributed by atoms with E-state index >= 15 is 0 Å². The topological polar surface area (TPSA) is 139 Å². The summed E-state index contributed by atoms with van der Waals surface area (Å²) in [6.07, 6.45) is 4.70. The van der Waals surface area contributed by atoms with Gasteiger partial charge in [0.1, 0.15) is 5.75 Å². The number of hydrogen-bond acceptors (Lipinski definition) is 7.